The highest BCUT2D eigenvalue weighted by molar-refractivity contribution is 6.33. The summed E-state index contributed by atoms with van der Waals surface area (Å²) >= 11 is 6.33. The van der Waals surface area contributed by atoms with Crippen molar-refractivity contribution in [2.24, 2.45) is 0 Å². The van der Waals surface area contributed by atoms with Crippen LogP contribution >= 0.6 is 11.6 Å². The summed E-state index contributed by atoms with van der Waals surface area (Å²) in [5, 5.41) is 3.95. The first-order valence-corrected chi connectivity index (χ1v) is 6.33. The first-order valence-electron chi connectivity index (χ1n) is 5.95. The number of rotatable bonds is 4. The minimum atomic E-state index is 0.336. The van der Waals surface area contributed by atoms with Crippen LogP contribution in [0.5, 0.6) is 0 Å². The molecule has 2 rings (SSSR count). The molecule has 0 bridgehead atoms. The highest BCUT2D eigenvalue weighted by atomic mass is 35.5. The molecule has 1 unspecified atom stereocenters. The minimum absolute atomic E-state index is 0.336. The second-order valence-electron chi connectivity index (χ2n) is 4.41. The van der Waals surface area contributed by atoms with Crippen LogP contribution in [0.15, 0.2) is 18.2 Å². The number of anilines is 1. The van der Waals surface area contributed by atoms with E-state index in [9.17, 15) is 0 Å². The summed E-state index contributed by atoms with van der Waals surface area (Å²) in [7, 11) is 3.71. The van der Waals surface area contributed by atoms with Gasteiger partial charge in [-0.25, -0.2) is 0 Å². The van der Waals surface area contributed by atoms with Crippen LogP contribution in [-0.4, -0.2) is 33.4 Å². The predicted molar refractivity (Wildman–Crippen MR) is 71.8 cm³/mol. The van der Waals surface area contributed by atoms with Crippen molar-refractivity contribution in [2.75, 3.05) is 32.1 Å². The summed E-state index contributed by atoms with van der Waals surface area (Å²) < 4.78 is 5.37. The Morgan fingerprint density at radius 1 is 1.53 bits per heavy atom. The predicted octanol–water partition coefficient (Wildman–Crippen LogP) is 2.28. The number of nitrogens with zero attached hydrogens (tertiary/aromatic N) is 1. The van der Waals surface area contributed by atoms with E-state index in [0.717, 1.165) is 36.8 Å². The quantitative estimate of drug-likeness (QED) is 0.892. The zero-order valence-corrected chi connectivity index (χ0v) is 11.1. The average Bonchev–Trinajstić information content (AvgIpc) is 2.78. The van der Waals surface area contributed by atoms with Gasteiger partial charge in [0.05, 0.1) is 16.8 Å². The Balaban J connectivity index is 2.11. The molecule has 0 spiro atoms. The van der Waals surface area contributed by atoms with Gasteiger partial charge in [0.15, 0.2) is 0 Å². The van der Waals surface area contributed by atoms with Crippen molar-refractivity contribution in [3.8, 4) is 0 Å². The van der Waals surface area contributed by atoms with E-state index in [4.69, 9.17) is 16.3 Å². The Labute approximate surface area is 108 Å². The van der Waals surface area contributed by atoms with Gasteiger partial charge in [-0.2, -0.15) is 0 Å². The summed E-state index contributed by atoms with van der Waals surface area (Å²) in [5.41, 5.74) is 2.33. The molecule has 1 fully saturated rings. The largest absolute Gasteiger partial charge is 0.380 e. The lowest BCUT2D eigenvalue weighted by Crippen LogP contribution is -2.22. The number of hydrogen-bond acceptors (Lipinski definition) is 3. The molecular formula is C13H19ClN2O. The maximum Gasteiger partial charge on any atom is 0.0762 e. The zero-order valence-electron chi connectivity index (χ0n) is 10.4. The molecule has 1 saturated heterocycles. The van der Waals surface area contributed by atoms with Crippen molar-refractivity contribution >= 4 is 17.3 Å². The van der Waals surface area contributed by atoms with Crippen LogP contribution in [0.25, 0.3) is 0 Å². The minimum Gasteiger partial charge on any atom is -0.380 e. The SMILES string of the molecule is CNCc1ccc(N2CCC(OC)C2)c(Cl)c1. The standard InChI is InChI=1S/C13H19ClN2O/c1-15-8-10-3-4-13(12(14)7-10)16-6-5-11(9-16)17-2/h3-4,7,11,15H,5-6,8-9H2,1-2H3. The molecule has 1 heterocycles. The van der Waals surface area contributed by atoms with E-state index >= 15 is 0 Å². The summed E-state index contributed by atoms with van der Waals surface area (Å²) in [4.78, 5) is 2.29. The van der Waals surface area contributed by atoms with Crippen molar-refractivity contribution < 1.29 is 4.74 Å². The molecule has 4 heteroatoms. The lowest BCUT2D eigenvalue weighted by Gasteiger charge is -2.20. The summed E-state index contributed by atoms with van der Waals surface area (Å²) in [6, 6.07) is 6.26. The van der Waals surface area contributed by atoms with Gasteiger partial charge in [-0.05, 0) is 31.2 Å². The van der Waals surface area contributed by atoms with E-state index in [1.165, 1.54) is 5.56 Å². The zero-order chi connectivity index (χ0) is 12.3. The van der Waals surface area contributed by atoms with E-state index in [0.29, 0.717) is 6.10 Å². The molecule has 0 aromatic heterocycles. The fourth-order valence-electron chi connectivity index (χ4n) is 2.26. The van der Waals surface area contributed by atoms with E-state index in [1.807, 2.05) is 13.1 Å². The summed E-state index contributed by atoms with van der Waals surface area (Å²) in [5.74, 6) is 0. The van der Waals surface area contributed by atoms with Crippen molar-refractivity contribution in [3.63, 3.8) is 0 Å². The van der Waals surface area contributed by atoms with Gasteiger partial charge in [-0.1, -0.05) is 17.7 Å². The number of methoxy groups -OCH3 is 1. The molecule has 0 amide bonds. The van der Waals surface area contributed by atoms with Crippen LogP contribution < -0.4 is 10.2 Å². The topological polar surface area (TPSA) is 24.5 Å². The first-order chi connectivity index (χ1) is 8.24. The van der Waals surface area contributed by atoms with Crippen LogP contribution in [0.3, 0.4) is 0 Å². The van der Waals surface area contributed by atoms with Gasteiger partial charge in [-0.15, -0.1) is 0 Å². The number of benzene rings is 1. The molecule has 17 heavy (non-hydrogen) atoms. The molecule has 1 aromatic rings. The molecule has 94 valence electrons. The van der Waals surface area contributed by atoms with Crippen LogP contribution in [0.2, 0.25) is 5.02 Å². The van der Waals surface area contributed by atoms with E-state index in [2.05, 4.69) is 22.3 Å². The molecule has 3 nitrogen and oxygen atoms in total. The van der Waals surface area contributed by atoms with E-state index < -0.39 is 0 Å². The van der Waals surface area contributed by atoms with Crippen molar-refractivity contribution in [1.82, 2.24) is 5.32 Å². The fraction of sp³-hybridized carbons (Fsp3) is 0.538. The lowest BCUT2D eigenvalue weighted by atomic mass is 10.2. The van der Waals surface area contributed by atoms with Gasteiger partial charge >= 0.3 is 0 Å². The molecule has 1 aliphatic heterocycles. The van der Waals surface area contributed by atoms with Crippen LogP contribution in [0, 0.1) is 0 Å². The summed E-state index contributed by atoms with van der Waals surface area (Å²) in [6.07, 6.45) is 1.41. The Hall–Kier alpha value is -0.770. The molecule has 0 aliphatic carbocycles. The number of hydrogen-bond donors (Lipinski definition) is 1. The third-order valence-corrected chi connectivity index (χ3v) is 3.51. The Morgan fingerprint density at radius 3 is 2.94 bits per heavy atom. The number of halogens is 1. The van der Waals surface area contributed by atoms with Gasteiger partial charge < -0.3 is 15.0 Å². The Kier molecular flexibility index (Phi) is 4.26. The van der Waals surface area contributed by atoms with Crippen LogP contribution in [0.1, 0.15) is 12.0 Å². The molecule has 0 saturated carbocycles. The molecule has 1 N–H and O–H groups in total. The molecule has 1 atom stereocenters. The van der Waals surface area contributed by atoms with Gasteiger partial charge in [0.25, 0.3) is 0 Å². The van der Waals surface area contributed by atoms with Gasteiger partial charge in [0.1, 0.15) is 0 Å². The van der Waals surface area contributed by atoms with Gasteiger partial charge in [-0.3, -0.25) is 0 Å². The van der Waals surface area contributed by atoms with Gasteiger partial charge in [0, 0.05) is 26.7 Å². The fourth-order valence-corrected chi connectivity index (χ4v) is 2.58. The average molecular weight is 255 g/mol. The smallest absolute Gasteiger partial charge is 0.0762 e. The van der Waals surface area contributed by atoms with Crippen LogP contribution in [-0.2, 0) is 11.3 Å². The summed E-state index contributed by atoms with van der Waals surface area (Å²) in [6.45, 7) is 2.80. The van der Waals surface area contributed by atoms with Gasteiger partial charge in [0.2, 0.25) is 0 Å². The second kappa shape index (κ2) is 5.71. The third kappa shape index (κ3) is 2.92. The number of ether oxygens (including phenoxy) is 1. The number of nitrogens with one attached hydrogen (secondary N) is 1. The maximum atomic E-state index is 6.33. The van der Waals surface area contributed by atoms with Crippen molar-refractivity contribution in [2.45, 2.75) is 19.1 Å². The highest BCUT2D eigenvalue weighted by Gasteiger charge is 2.23. The molecule has 0 radical (unpaired) electrons. The molecule has 1 aliphatic rings. The normalized spacial score (nSPS) is 19.9. The van der Waals surface area contributed by atoms with E-state index in [1.54, 1.807) is 7.11 Å². The first kappa shape index (κ1) is 12.7. The lowest BCUT2D eigenvalue weighted by molar-refractivity contribution is 0.121. The maximum absolute atomic E-state index is 6.33. The van der Waals surface area contributed by atoms with Crippen LogP contribution in [0.4, 0.5) is 5.69 Å². The third-order valence-electron chi connectivity index (χ3n) is 3.21. The van der Waals surface area contributed by atoms with Crippen molar-refractivity contribution in [1.29, 1.82) is 0 Å². The van der Waals surface area contributed by atoms with Crippen molar-refractivity contribution in [3.05, 3.63) is 28.8 Å². The molecular weight excluding hydrogens is 236 g/mol. The molecule has 1 aromatic carbocycles. The Bertz CT molecular complexity index is 384. The highest BCUT2D eigenvalue weighted by Crippen LogP contribution is 2.30. The monoisotopic (exact) mass is 254 g/mol. The second-order valence-corrected chi connectivity index (χ2v) is 4.82. The Morgan fingerprint density at radius 2 is 2.35 bits per heavy atom. The van der Waals surface area contributed by atoms with E-state index in [-0.39, 0.29) is 0 Å².